The monoisotopic (exact) mass is 300 g/mol. The molecule has 104 valence electrons. The molecule has 0 amide bonds. The molecule has 7 heteroatoms. The topological polar surface area (TPSA) is 78.5 Å². The maximum absolute atomic E-state index is 12.8. The molecular weight excluding hydrogens is 291 g/mol. The molecule has 2 heterocycles. The van der Waals surface area contributed by atoms with E-state index in [1.54, 1.807) is 24.3 Å². The minimum atomic E-state index is -0.263. The average molecular weight is 300 g/mol. The van der Waals surface area contributed by atoms with Crippen molar-refractivity contribution < 1.29 is 8.91 Å². The molecule has 0 aliphatic heterocycles. The summed E-state index contributed by atoms with van der Waals surface area (Å²) in [6.45, 7) is 0. The smallest absolute Gasteiger partial charge is 0.274 e. The highest BCUT2D eigenvalue weighted by Gasteiger charge is 2.11. The number of thioether (sulfide) groups is 1. The molecule has 0 aliphatic rings. The van der Waals surface area contributed by atoms with Crippen molar-refractivity contribution in [2.75, 3.05) is 0 Å². The highest BCUT2D eigenvalue weighted by atomic mass is 32.2. The van der Waals surface area contributed by atoms with Gasteiger partial charge < -0.3 is 9.51 Å². The van der Waals surface area contributed by atoms with Crippen molar-refractivity contribution in [3.05, 3.63) is 53.7 Å². The summed E-state index contributed by atoms with van der Waals surface area (Å²) in [4.78, 5) is 8.04. The second-order valence-corrected chi connectivity index (χ2v) is 5.20. The minimum absolute atomic E-state index is 0.263. The van der Waals surface area contributed by atoms with Crippen molar-refractivity contribution in [1.82, 2.24) is 15.1 Å². The molecule has 0 saturated carbocycles. The number of hydrogen-bond donors (Lipinski definition) is 1. The Morgan fingerprint density at radius 2 is 2.05 bits per heavy atom. The van der Waals surface area contributed by atoms with E-state index in [9.17, 15) is 4.39 Å². The number of rotatable bonds is 4. The highest BCUT2D eigenvalue weighted by Crippen LogP contribution is 2.23. The number of nitrogens with one attached hydrogen (secondary N) is 1. The summed E-state index contributed by atoms with van der Waals surface area (Å²) in [5.41, 5.74) is 1.04. The van der Waals surface area contributed by atoms with Crippen LogP contribution in [0.2, 0.25) is 0 Å². The van der Waals surface area contributed by atoms with Crippen molar-refractivity contribution in [3.8, 4) is 17.7 Å². The summed E-state index contributed by atoms with van der Waals surface area (Å²) in [5, 5.41) is 12.6. The van der Waals surface area contributed by atoms with E-state index in [1.165, 1.54) is 23.9 Å². The van der Waals surface area contributed by atoms with Crippen LogP contribution in [-0.2, 0) is 5.75 Å². The zero-order valence-corrected chi connectivity index (χ0v) is 11.5. The molecular formula is C14H9FN4OS. The second kappa shape index (κ2) is 5.81. The lowest BCUT2D eigenvalue weighted by Crippen LogP contribution is -1.85. The first-order chi connectivity index (χ1) is 10.2. The van der Waals surface area contributed by atoms with E-state index in [2.05, 4.69) is 15.1 Å². The van der Waals surface area contributed by atoms with Gasteiger partial charge in [-0.15, -0.1) is 11.8 Å². The van der Waals surface area contributed by atoms with Gasteiger partial charge in [0.05, 0.1) is 5.75 Å². The van der Waals surface area contributed by atoms with Crippen molar-refractivity contribution >= 4 is 11.8 Å². The third-order valence-electron chi connectivity index (χ3n) is 2.69. The van der Waals surface area contributed by atoms with E-state index in [0.717, 1.165) is 4.90 Å². The SMILES string of the molecule is N#Cc1ccc(-c2nc(CSc3ccc(F)cc3)no2)[nH]1. The lowest BCUT2D eigenvalue weighted by Gasteiger charge is -1.97. The van der Waals surface area contributed by atoms with E-state index in [0.29, 0.717) is 28.9 Å². The number of benzene rings is 1. The molecule has 1 aromatic carbocycles. The molecule has 1 N–H and O–H groups in total. The summed E-state index contributed by atoms with van der Waals surface area (Å²) in [6.07, 6.45) is 0. The van der Waals surface area contributed by atoms with Crippen molar-refractivity contribution in [2.24, 2.45) is 0 Å². The summed E-state index contributed by atoms with van der Waals surface area (Å²) in [5.74, 6) is 1.13. The maximum Gasteiger partial charge on any atom is 0.274 e. The third kappa shape index (κ3) is 3.12. The molecule has 0 spiro atoms. The van der Waals surface area contributed by atoms with Gasteiger partial charge in [-0.05, 0) is 36.4 Å². The summed E-state index contributed by atoms with van der Waals surface area (Å²) >= 11 is 1.49. The van der Waals surface area contributed by atoms with Gasteiger partial charge in [0.1, 0.15) is 23.3 Å². The van der Waals surface area contributed by atoms with Crippen LogP contribution in [0.4, 0.5) is 4.39 Å². The number of aromatic nitrogens is 3. The number of nitrogens with zero attached hydrogens (tertiary/aromatic N) is 3. The summed E-state index contributed by atoms with van der Waals surface area (Å²) in [7, 11) is 0. The van der Waals surface area contributed by atoms with Crippen LogP contribution in [0.5, 0.6) is 0 Å². The molecule has 5 nitrogen and oxygen atoms in total. The zero-order chi connectivity index (χ0) is 14.7. The van der Waals surface area contributed by atoms with Gasteiger partial charge in [-0.1, -0.05) is 5.16 Å². The number of halogens is 1. The molecule has 0 saturated heterocycles. The van der Waals surface area contributed by atoms with Gasteiger partial charge in [-0.25, -0.2) is 4.39 Å². The molecule has 21 heavy (non-hydrogen) atoms. The molecule has 0 radical (unpaired) electrons. The van der Waals surface area contributed by atoms with Gasteiger partial charge >= 0.3 is 0 Å². The molecule has 2 aromatic heterocycles. The molecule has 0 aliphatic carbocycles. The number of hydrogen-bond acceptors (Lipinski definition) is 5. The Bertz CT molecular complexity index is 788. The number of aromatic amines is 1. The first kappa shape index (κ1) is 13.4. The van der Waals surface area contributed by atoms with Gasteiger partial charge in [-0.2, -0.15) is 10.2 Å². The Kier molecular flexibility index (Phi) is 3.71. The molecule has 0 atom stereocenters. The lowest BCUT2D eigenvalue weighted by molar-refractivity contribution is 0.424. The Hall–Kier alpha value is -2.59. The zero-order valence-electron chi connectivity index (χ0n) is 10.7. The van der Waals surface area contributed by atoms with Gasteiger partial charge in [0.25, 0.3) is 5.89 Å². The highest BCUT2D eigenvalue weighted by molar-refractivity contribution is 7.98. The minimum Gasteiger partial charge on any atom is -0.342 e. The predicted molar refractivity (Wildman–Crippen MR) is 74.8 cm³/mol. The third-order valence-corrected chi connectivity index (χ3v) is 3.69. The van der Waals surface area contributed by atoms with Crippen LogP contribution in [0, 0.1) is 17.1 Å². The predicted octanol–water partition coefficient (Wildman–Crippen LogP) is 3.37. The Balaban J connectivity index is 1.68. The van der Waals surface area contributed by atoms with Crippen LogP contribution < -0.4 is 0 Å². The molecule has 0 unspecified atom stereocenters. The molecule has 0 bridgehead atoms. The standard InChI is InChI=1S/C14H9FN4OS/c15-9-1-4-11(5-2-9)21-8-13-18-14(20-19-13)12-6-3-10(7-16)17-12/h1-6,17H,8H2. The number of nitriles is 1. The number of H-pyrrole nitrogens is 1. The molecule has 3 rings (SSSR count). The summed E-state index contributed by atoms with van der Waals surface area (Å²) < 4.78 is 17.9. The Morgan fingerprint density at radius 3 is 2.76 bits per heavy atom. The largest absolute Gasteiger partial charge is 0.342 e. The Morgan fingerprint density at radius 1 is 1.24 bits per heavy atom. The first-order valence-corrected chi connectivity index (χ1v) is 7.03. The van der Waals surface area contributed by atoms with Gasteiger partial charge in [0.15, 0.2) is 5.82 Å². The average Bonchev–Trinajstić information content (AvgIpc) is 3.15. The Labute approximate surface area is 123 Å². The first-order valence-electron chi connectivity index (χ1n) is 6.05. The van der Waals surface area contributed by atoms with Gasteiger partial charge in [0.2, 0.25) is 0 Å². The van der Waals surface area contributed by atoms with E-state index < -0.39 is 0 Å². The molecule has 3 aromatic rings. The lowest BCUT2D eigenvalue weighted by atomic mass is 10.4. The quantitative estimate of drug-likeness (QED) is 0.747. The van der Waals surface area contributed by atoms with E-state index in [-0.39, 0.29) is 5.82 Å². The van der Waals surface area contributed by atoms with Crippen LogP contribution >= 0.6 is 11.8 Å². The van der Waals surface area contributed by atoms with Crippen LogP contribution in [0.1, 0.15) is 11.5 Å². The van der Waals surface area contributed by atoms with Crippen LogP contribution in [0.15, 0.2) is 45.8 Å². The van der Waals surface area contributed by atoms with Gasteiger partial charge in [-0.3, -0.25) is 0 Å². The fourth-order valence-electron chi connectivity index (χ4n) is 1.69. The second-order valence-electron chi connectivity index (χ2n) is 4.16. The molecule has 0 fully saturated rings. The normalized spacial score (nSPS) is 10.5. The van der Waals surface area contributed by atoms with Crippen molar-refractivity contribution in [2.45, 2.75) is 10.6 Å². The van der Waals surface area contributed by atoms with E-state index in [1.807, 2.05) is 6.07 Å². The maximum atomic E-state index is 12.8. The van der Waals surface area contributed by atoms with E-state index in [4.69, 9.17) is 9.78 Å². The van der Waals surface area contributed by atoms with E-state index >= 15 is 0 Å². The van der Waals surface area contributed by atoms with Crippen LogP contribution in [-0.4, -0.2) is 15.1 Å². The van der Waals surface area contributed by atoms with Gasteiger partial charge in [0, 0.05) is 4.90 Å². The fraction of sp³-hybridized carbons (Fsp3) is 0.0714. The fourth-order valence-corrected chi connectivity index (χ4v) is 2.43. The van der Waals surface area contributed by atoms with Crippen molar-refractivity contribution in [3.63, 3.8) is 0 Å². The van der Waals surface area contributed by atoms with Crippen LogP contribution in [0.3, 0.4) is 0 Å². The van der Waals surface area contributed by atoms with Crippen LogP contribution in [0.25, 0.3) is 11.6 Å². The van der Waals surface area contributed by atoms with Crippen molar-refractivity contribution in [1.29, 1.82) is 5.26 Å². The summed E-state index contributed by atoms with van der Waals surface area (Å²) in [6, 6.07) is 11.6.